The molecule has 1 aliphatic heterocycles. The second-order valence-electron chi connectivity index (χ2n) is 5.50. The Morgan fingerprint density at radius 3 is 2.70 bits per heavy atom. The second-order valence-corrected chi connectivity index (χ2v) is 6.75. The normalized spacial score (nSPS) is 17.9. The number of nitrogens with one attached hydrogen (secondary N) is 1. The molecular formula is C16H23NO2S. The van der Waals surface area contributed by atoms with Crippen LogP contribution in [-0.4, -0.2) is 29.4 Å². The smallest absolute Gasteiger partial charge is 0.233 e. The van der Waals surface area contributed by atoms with Crippen molar-refractivity contribution in [3.63, 3.8) is 0 Å². The van der Waals surface area contributed by atoms with Gasteiger partial charge in [-0.2, -0.15) is 0 Å². The van der Waals surface area contributed by atoms with Crippen molar-refractivity contribution in [2.45, 2.75) is 43.3 Å². The molecule has 0 saturated heterocycles. The van der Waals surface area contributed by atoms with E-state index in [1.165, 1.54) is 10.5 Å². The van der Waals surface area contributed by atoms with Gasteiger partial charge in [0.2, 0.25) is 5.91 Å². The number of carbonyl (C=O) groups excluding carboxylic acids is 1. The summed E-state index contributed by atoms with van der Waals surface area (Å²) in [6.07, 6.45) is 2.55. The molecule has 4 heteroatoms. The average molecular weight is 293 g/mol. The van der Waals surface area contributed by atoms with Gasteiger partial charge in [-0.1, -0.05) is 32.0 Å². The molecule has 20 heavy (non-hydrogen) atoms. The third kappa shape index (κ3) is 3.18. The van der Waals surface area contributed by atoms with Crippen molar-refractivity contribution in [2.75, 3.05) is 13.2 Å². The number of hydrogen-bond donors (Lipinski definition) is 2. The Morgan fingerprint density at radius 2 is 2.10 bits per heavy atom. The van der Waals surface area contributed by atoms with Crippen molar-refractivity contribution >= 4 is 17.7 Å². The number of benzene rings is 1. The lowest BCUT2D eigenvalue weighted by atomic mass is 9.83. The fraction of sp³-hybridized carbons (Fsp3) is 0.562. The lowest BCUT2D eigenvalue weighted by Gasteiger charge is -2.30. The summed E-state index contributed by atoms with van der Waals surface area (Å²) in [6, 6.07) is 8.19. The van der Waals surface area contributed by atoms with Crippen LogP contribution in [0.3, 0.4) is 0 Å². The Bertz CT molecular complexity index is 438. The molecule has 1 aliphatic rings. The fourth-order valence-electron chi connectivity index (χ4n) is 2.50. The lowest BCUT2D eigenvalue weighted by Crippen LogP contribution is -2.42. The SMILES string of the molecule is CCC(CC)(CO)CNC(=O)C1Cc2ccccc2S1. The molecule has 0 aromatic heterocycles. The Balaban J connectivity index is 1.91. The number of aliphatic hydroxyl groups is 1. The van der Waals surface area contributed by atoms with Crippen molar-refractivity contribution < 1.29 is 9.90 Å². The minimum absolute atomic E-state index is 0.0301. The molecule has 0 bridgehead atoms. The van der Waals surface area contributed by atoms with E-state index in [2.05, 4.69) is 31.3 Å². The quantitative estimate of drug-likeness (QED) is 0.847. The van der Waals surface area contributed by atoms with Gasteiger partial charge in [0, 0.05) is 16.9 Å². The van der Waals surface area contributed by atoms with E-state index in [9.17, 15) is 9.90 Å². The minimum atomic E-state index is -0.175. The molecule has 0 saturated carbocycles. The van der Waals surface area contributed by atoms with E-state index < -0.39 is 0 Å². The molecule has 1 amide bonds. The first-order chi connectivity index (χ1) is 9.64. The van der Waals surface area contributed by atoms with E-state index in [1.54, 1.807) is 11.8 Å². The molecule has 1 unspecified atom stereocenters. The molecule has 1 heterocycles. The molecule has 0 aliphatic carbocycles. The van der Waals surface area contributed by atoms with Crippen LogP contribution in [0.1, 0.15) is 32.3 Å². The van der Waals surface area contributed by atoms with Crippen LogP contribution in [0.5, 0.6) is 0 Å². The predicted molar refractivity (Wildman–Crippen MR) is 82.9 cm³/mol. The van der Waals surface area contributed by atoms with Crippen LogP contribution in [0.4, 0.5) is 0 Å². The highest BCUT2D eigenvalue weighted by molar-refractivity contribution is 8.01. The lowest BCUT2D eigenvalue weighted by molar-refractivity contribution is -0.121. The van der Waals surface area contributed by atoms with E-state index in [4.69, 9.17) is 0 Å². The highest BCUT2D eigenvalue weighted by Crippen LogP contribution is 2.37. The summed E-state index contributed by atoms with van der Waals surface area (Å²) in [5.74, 6) is 0.0888. The van der Waals surface area contributed by atoms with Gasteiger partial charge in [-0.05, 0) is 30.9 Å². The van der Waals surface area contributed by atoms with E-state index in [1.807, 2.05) is 12.1 Å². The minimum Gasteiger partial charge on any atom is -0.396 e. The van der Waals surface area contributed by atoms with Crippen molar-refractivity contribution in [2.24, 2.45) is 5.41 Å². The van der Waals surface area contributed by atoms with Crippen LogP contribution in [0.2, 0.25) is 0 Å². The number of rotatable bonds is 6. The largest absolute Gasteiger partial charge is 0.396 e. The van der Waals surface area contributed by atoms with Gasteiger partial charge in [-0.3, -0.25) is 4.79 Å². The van der Waals surface area contributed by atoms with Crippen molar-refractivity contribution in [1.29, 1.82) is 0 Å². The summed E-state index contributed by atoms with van der Waals surface area (Å²) in [7, 11) is 0. The number of hydrogen-bond acceptors (Lipinski definition) is 3. The third-order valence-electron chi connectivity index (χ3n) is 4.41. The van der Waals surface area contributed by atoms with E-state index in [0.717, 1.165) is 19.3 Å². The van der Waals surface area contributed by atoms with Gasteiger partial charge in [0.05, 0.1) is 11.9 Å². The summed E-state index contributed by atoms with van der Waals surface area (Å²) in [5, 5.41) is 12.5. The maximum absolute atomic E-state index is 12.3. The Hall–Kier alpha value is -1.00. The van der Waals surface area contributed by atoms with Crippen LogP contribution in [-0.2, 0) is 11.2 Å². The van der Waals surface area contributed by atoms with Gasteiger partial charge in [-0.15, -0.1) is 11.8 Å². The summed E-state index contributed by atoms with van der Waals surface area (Å²) in [6.45, 7) is 4.80. The van der Waals surface area contributed by atoms with Gasteiger partial charge >= 0.3 is 0 Å². The highest BCUT2D eigenvalue weighted by Gasteiger charge is 2.31. The molecule has 1 aromatic rings. The van der Waals surface area contributed by atoms with Gasteiger partial charge in [-0.25, -0.2) is 0 Å². The Morgan fingerprint density at radius 1 is 1.40 bits per heavy atom. The maximum atomic E-state index is 12.3. The molecule has 3 nitrogen and oxygen atoms in total. The molecule has 2 N–H and O–H groups in total. The van der Waals surface area contributed by atoms with Gasteiger partial charge in [0.15, 0.2) is 0 Å². The van der Waals surface area contributed by atoms with Gasteiger partial charge in [0.25, 0.3) is 0 Å². The molecule has 2 rings (SSSR count). The summed E-state index contributed by atoms with van der Waals surface area (Å²) in [5.41, 5.74) is 1.09. The number of amides is 1. The number of carbonyl (C=O) groups is 1. The zero-order valence-corrected chi connectivity index (χ0v) is 13.0. The number of aliphatic hydroxyl groups excluding tert-OH is 1. The first kappa shape index (κ1) is 15.4. The first-order valence-electron chi connectivity index (χ1n) is 7.27. The molecule has 1 atom stereocenters. The maximum Gasteiger partial charge on any atom is 0.233 e. The Labute approximate surface area is 125 Å². The number of thioether (sulfide) groups is 1. The van der Waals surface area contributed by atoms with Crippen LogP contribution < -0.4 is 5.32 Å². The topological polar surface area (TPSA) is 49.3 Å². The van der Waals surface area contributed by atoms with Crippen LogP contribution >= 0.6 is 11.8 Å². The van der Waals surface area contributed by atoms with E-state index >= 15 is 0 Å². The molecular weight excluding hydrogens is 270 g/mol. The van der Waals surface area contributed by atoms with E-state index in [0.29, 0.717) is 6.54 Å². The summed E-state index contributed by atoms with van der Waals surface area (Å²) < 4.78 is 0. The van der Waals surface area contributed by atoms with Crippen molar-refractivity contribution in [1.82, 2.24) is 5.32 Å². The fourth-order valence-corrected chi connectivity index (χ4v) is 3.72. The molecule has 0 radical (unpaired) electrons. The van der Waals surface area contributed by atoms with Crippen molar-refractivity contribution in [3.05, 3.63) is 29.8 Å². The monoisotopic (exact) mass is 293 g/mol. The average Bonchev–Trinajstić information content (AvgIpc) is 2.93. The Kier molecular flexibility index (Phi) is 5.11. The molecule has 0 spiro atoms. The zero-order valence-electron chi connectivity index (χ0n) is 12.2. The second kappa shape index (κ2) is 6.64. The standard InChI is InChI=1S/C16H23NO2S/c1-3-16(4-2,11-18)10-17-15(19)14-9-12-7-5-6-8-13(12)20-14/h5-8,14,18H,3-4,9-11H2,1-2H3,(H,17,19). The van der Waals surface area contributed by atoms with Crippen molar-refractivity contribution in [3.8, 4) is 0 Å². The predicted octanol–water partition coefficient (Wildman–Crippen LogP) is 2.62. The molecule has 110 valence electrons. The van der Waals surface area contributed by atoms with E-state index in [-0.39, 0.29) is 23.2 Å². The summed E-state index contributed by atoms with van der Waals surface area (Å²) in [4.78, 5) is 13.5. The van der Waals surface area contributed by atoms with Gasteiger partial charge in [0.1, 0.15) is 0 Å². The highest BCUT2D eigenvalue weighted by atomic mass is 32.2. The summed E-state index contributed by atoms with van der Waals surface area (Å²) >= 11 is 1.64. The first-order valence-corrected chi connectivity index (χ1v) is 8.15. The zero-order chi connectivity index (χ0) is 14.6. The third-order valence-corrected chi connectivity index (χ3v) is 5.73. The van der Waals surface area contributed by atoms with Crippen LogP contribution in [0.25, 0.3) is 0 Å². The number of fused-ring (bicyclic) bond motifs is 1. The van der Waals surface area contributed by atoms with Gasteiger partial charge < -0.3 is 10.4 Å². The van der Waals surface area contributed by atoms with Crippen LogP contribution in [0.15, 0.2) is 29.2 Å². The van der Waals surface area contributed by atoms with Crippen LogP contribution in [0, 0.1) is 5.41 Å². The molecule has 0 fully saturated rings. The molecule has 1 aromatic carbocycles.